The normalized spacial score (nSPS) is 11.2. The first-order chi connectivity index (χ1) is 15.6. The third kappa shape index (κ3) is 4.83. The average Bonchev–Trinajstić information content (AvgIpc) is 3.30. The Hall–Kier alpha value is -2.80. The van der Waals surface area contributed by atoms with E-state index < -0.39 is 0 Å². The molecule has 0 fully saturated rings. The molecule has 0 saturated carbocycles. The molecule has 0 N–H and O–H groups in total. The van der Waals surface area contributed by atoms with E-state index in [4.69, 9.17) is 21.3 Å². The van der Waals surface area contributed by atoms with Gasteiger partial charge in [0.15, 0.2) is 0 Å². The minimum atomic E-state index is 0.319. The molecule has 162 valence electrons. The molecule has 7 heteroatoms. The van der Waals surface area contributed by atoms with E-state index >= 15 is 0 Å². The first-order valence-corrected chi connectivity index (χ1v) is 12.1. The van der Waals surface area contributed by atoms with Crippen molar-refractivity contribution in [2.24, 2.45) is 0 Å². The summed E-state index contributed by atoms with van der Waals surface area (Å²) in [6.07, 6.45) is 9.22. The van der Waals surface area contributed by atoms with Gasteiger partial charge < -0.3 is 9.64 Å². The lowest BCUT2D eigenvalue weighted by Gasteiger charge is -2.19. The summed E-state index contributed by atoms with van der Waals surface area (Å²) >= 11 is 9.83. The van der Waals surface area contributed by atoms with Crippen molar-refractivity contribution < 1.29 is 4.74 Å². The highest BCUT2D eigenvalue weighted by Gasteiger charge is 2.15. The van der Waals surface area contributed by atoms with Crippen molar-refractivity contribution in [3.8, 4) is 5.75 Å². The number of pyridine rings is 2. The van der Waals surface area contributed by atoms with Gasteiger partial charge in [-0.2, -0.15) is 0 Å². The molecule has 0 spiro atoms. The van der Waals surface area contributed by atoms with Crippen molar-refractivity contribution >= 4 is 51.3 Å². The summed E-state index contributed by atoms with van der Waals surface area (Å²) in [5.41, 5.74) is 3.61. The quantitative estimate of drug-likeness (QED) is 0.257. The van der Waals surface area contributed by atoms with Crippen molar-refractivity contribution in [3.05, 3.63) is 95.5 Å². The Morgan fingerprint density at radius 1 is 1.25 bits per heavy atom. The predicted octanol–water partition coefficient (Wildman–Crippen LogP) is 7.87. The standard InChI is InChI=1S/C25H22ClN3OS2/c1-4-11-29(5-2)21-13-17(3)28-25-18(21)8-6-9-22(25)30-16-19-20(26)14-27-15-23(19)32-24-10-7-12-31-24/h4-15H,2,16H2,1,3H3/b11-4-. The van der Waals surface area contributed by atoms with Crippen LogP contribution in [0, 0.1) is 6.92 Å². The molecule has 3 heterocycles. The smallest absolute Gasteiger partial charge is 0.146 e. The Labute approximate surface area is 201 Å². The number of aromatic nitrogens is 2. The lowest BCUT2D eigenvalue weighted by Crippen LogP contribution is -2.08. The molecule has 4 nitrogen and oxygen atoms in total. The second-order valence-electron chi connectivity index (χ2n) is 6.93. The minimum Gasteiger partial charge on any atom is -0.487 e. The number of hydrogen-bond donors (Lipinski definition) is 0. The number of para-hydroxylation sites is 1. The molecule has 0 aliphatic carbocycles. The molecule has 4 rings (SSSR count). The Balaban J connectivity index is 1.69. The number of aryl methyl sites for hydroxylation is 1. The summed E-state index contributed by atoms with van der Waals surface area (Å²) in [6, 6.07) is 12.1. The highest BCUT2D eigenvalue weighted by atomic mass is 35.5. The molecular weight excluding hydrogens is 458 g/mol. The van der Waals surface area contributed by atoms with Crippen LogP contribution in [0.4, 0.5) is 5.69 Å². The fraction of sp³-hybridized carbons (Fsp3) is 0.120. The zero-order valence-electron chi connectivity index (χ0n) is 17.8. The summed E-state index contributed by atoms with van der Waals surface area (Å²) in [6.45, 7) is 8.22. The van der Waals surface area contributed by atoms with Crippen LogP contribution >= 0.6 is 34.7 Å². The Kier molecular flexibility index (Phi) is 7.15. The van der Waals surface area contributed by atoms with E-state index in [-0.39, 0.29) is 0 Å². The van der Waals surface area contributed by atoms with E-state index in [0.717, 1.165) is 32.7 Å². The van der Waals surface area contributed by atoms with Gasteiger partial charge >= 0.3 is 0 Å². The molecule has 4 aromatic rings. The fourth-order valence-electron chi connectivity index (χ4n) is 3.31. The molecule has 32 heavy (non-hydrogen) atoms. The highest BCUT2D eigenvalue weighted by molar-refractivity contribution is 8.01. The summed E-state index contributed by atoms with van der Waals surface area (Å²) in [5.74, 6) is 0.705. The number of halogens is 1. The van der Waals surface area contributed by atoms with Crippen LogP contribution in [-0.2, 0) is 6.61 Å². The first-order valence-electron chi connectivity index (χ1n) is 10.0. The number of allylic oxidation sites excluding steroid dienone is 1. The maximum atomic E-state index is 6.51. The monoisotopic (exact) mass is 479 g/mol. The fourth-order valence-corrected chi connectivity index (χ4v) is 5.43. The van der Waals surface area contributed by atoms with Crippen molar-refractivity contribution in [2.75, 3.05) is 4.90 Å². The van der Waals surface area contributed by atoms with E-state index in [0.29, 0.717) is 17.4 Å². The van der Waals surface area contributed by atoms with E-state index in [2.05, 4.69) is 23.0 Å². The molecule has 0 aliphatic rings. The predicted molar refractivity (Wildman–Crippen MR) is 136 cm³/mol. The number of nitrogens with zero attached hydrogens (tertiary/aromatic N) is 3. The Morgan fingerprint density at radius 2 is 2.12 bits per heavy atom. The maximum Gasteiger partial charge on any atom is 0.146 e. The van der Waals surface area contributed by atoms with E-state index in [1.807, 2.05) is 67.6 Å². The summed E-state index contributed by atoms with van der Waals surface area (Å²) in [7, 11) is 0. The van der Waals surface area contributed by atoms with Gasteiger partial charge in [0.2, 0.25) is 0 Å². The number of fused-ring (bicyclic) bond motifs is 1. The van der Waals surface area contributed by atoms with Crippen LogP contribution < -0.4 is 9.64 Å². The van der Waals surface area contributed by atoms with Gasteiger partial charge in [-0.3, -0.25) is 4.98 Å². The van der Waals surface area contributed by atoms with E-state index in [1.54, 1.807) is 35.5 Å². The van der Waals surface area contributed by atoms with Crippen LogP contribution in [0.2, 0.25) is 5.02 Å². The van der Waals surface area contributed by atoms with Crippen LogP contribution in [-0.4, -0.2) is 9.97 Å². The lowest BCUT2D eigenvalue weighted by atomic mass is 10.1. The minimum absolute atomic E-state index is 0.319. The molecule has 0 unspecified atom stereocenters. The van der Waals surface area contributed by atoms with Gasteiger partial charge in [-0.05, 0) is 37.4 Å². The summed E-state index contributed by atoms with van der Waals surface area (Å²) in [5, 5.41) is 3.63. The van der Waals surface area contributed by atoms with Crippen molar-refractivity contribution in [2.45, 2.75) is 29.6 Å². The molecule has 0 radical (unpaired) electrons. The highest BCUT2D eigenvalue weighted by Crippen LogP contribution is 2.37. The number of hydrogen-bond acceptors (Lipinski definition) is 6. The van der Waals surface area contributed by atoms with Gasteiger partial charge in [0, 0.05) is 46.3 Å². The largest absolute Gasteiger partial charge is 0.487 e. The van der Waals surface area contributed by atoms with Gasteiger partial charge in [-0.25, -0.2) is 4.98 Å². The number of rotatable bonds is 8. The Bertz CT molecular complexity index is 1270. The molecular formula is C25H22ClN3OS2. The summed E-state index contributed by atoms with van der Waals surface area (Å²) in [4.78, 5) is 12.0. The third-order valence-corrected chi connectivity index (χ3v) is 7.17. The lowest BCUT2D eigenvalue weighted by molar-refractivity contribution is 0.306. The topological polar surface area (TPSA) is 38.2 Å². The molecule has 0 amide bonds. The van der Waals surface area contributed by atoms with Crippen molar-refractivity contribution in [1.82, 2.24) is 9.97 Å². The zero-order valence-corrected chi connectivity index (χ0v) is 20.2. The summed E-state index contributed by atoms with van der Waals surface area (Å²) < 4.78 is 7.46. The van der Waals surface area contributed by atoms with Crippen molar-refractivity contribution in [1.29, 1.82) is 0 Å². The maximum absolute atomic E-state index is 6.51. The second-order valence-corrected chi connectivity index (χ2v) is 9.63. The molecule has 3 aromatic heterocycles. The number of anilines is 1. The van der Waals surface area contributed by atoms with Crippen LogP contribution in [0.25, 0.3) is 10.9 Å². The van der Waals surface area contributed by atoms with Gasteiger partial charge in [0.1, 0.15) is 17.9 Å². The Morgan fingerprint density at radius 3 is 2.88 bits per heavy atom. The van der Waals surface area contributed by atoms with Crippen LogP contribution in [0.15, 0.2) is 88.3 Å². The SMILES string of the molecule is C=CN(/C=C\C)c1cc(C)nc2c(OCc3c(Cl)cncc3Sc3cccs3)cccc12. The molecule has 0 saturated heterocycles. The van der Waals surface area contributed by atoms with E-state index in [1.165, 1.54) is 4.21 Å². The second kappa shape index (κ2) is 10.2. The van der Waals surface area contributed by atoms with Crippen LogP contribution in [0.3, 0.4) is 0 Å². The van der Waals surface area contributed by atoms with Crippen molar-refractivity contribution in [3.63, 3.8) is 0 Å². The number of thiophene rings is 1. The zero-order chi connectivity index (χ0) is 22.5. The van der Waals surface area contributed by atoms with Gasteiger partial charge in [0.05, 0.1) is 14.9 Å². The third-order valence-electron chi connectivity index (χ3n) is 4.74. The average molecular weight is 480 g/mol. The van der Waals surface area contributed by atoms with Gasteiger partial charge in [-0.1, -0.05) is 54.2 Å². The van der Waals surface area contributed by atoms with Gasteiger partial charge in [-0.15, -0.1) is 11.3 Å². The molecule has 0 bridgehead atoms. The van der Waals surface area contributed by atoms with Crippen LogP contribution in [0.1, 0.15) is 18.2 Å². The number of benzene rings is 1. The van der Waals surface area contributed by atoms with Gasteiger partial charge in [0.25, 0.3) is 0 Å². The molecule has 1 aromatic carbocycles. The van der Waals surface area contributed by atoms with Crippen LogP contribution in [0.5, 0.6) is 5.75 Å². The molecule has 0 aliphatic heterocycles. The first kappa shape index (κ1) is 22.4. The number of ether oxygens (including phenoxy) is 1. The van der Waals surface area contributed by atoms with E-state index in [9.17, 15) is 0 Å². The molecule has 0 atom stereocenters.